The largest absolute Gasteiger partial charge is 0.253 e. The van der Waals surface area contributed by atoms with E-state index in [1.165, 1.54) is 11.3 Å². The molecule has 0 spiro atoms. The van der Waals surface area contributed by atoms with Gasteiger partial charge in [-0.15, -0.1) is 10.2 Å². The third-order valence-corrected chi connectivity index (χ3v) is 2.20. The molecule has 60 valence electrons. The average Bonchev–Trinajstić information content (AvgIpc) is 2.58. The van der Waals surface area contributed by atoms with Gasteiger partial charge in [-0.2, -0.15) is 0 Å². The summed E-state index contributed by atoms with van der Waals surface area (Å²) in [5.74, 6) is 0. The number of nitrogens with zero attached hydrogens (tertiary/aromatic N) is 3. The fourth-order valence-electron chi connectivity index (χ4n) is 0.879. The van der Waals surface area contributed by atoms with Crippen molar-refractivity contribution in [3.63, 3.8) is 0 Å². The highest BCUT2D eigenvalue weighted by Gasteiger charge is 2.00. The second-order valence-electron chi connectivity index (χ2n) is 2.46. The van der Waals surface area contributed by atoms with Crippen LogP contribution in [0.4, 0.5) is 0 Å². The highest BCUT2D eigenvalue weighted by Crippen LogP contribution is 2.17. The van der Waals surface area contributed by atoms with Crippen molar-refractivity contribution >= 4 is 11.3 Å². The van der Waals surface area contributed by atoms with E-state index in [1.807, 2.05) is 25.3 Å². The van der Waals surface area contributed by atoms with Crippen LogP contribution >= 0.6 is 11.3 Å². The van der Waals surface area contributed by atoms with Gasteiger partial charge in [-0.3, -0.25) is 4.98 Å². The SMILES string of the molecule is Cc1ccc(-c2nncs2)nc1. The Morgan fingerprint density at radius 3 is 2.83 bits per heavy atom. The molecule has 0 bridgehead atoms. The van der Waals surface area contributed by atoms with Crippen molar-refractivity contribution in [3.8, 4) is 10.7 Å². The van der Waals surface area contributed by atoms with Gasteiger partial charge in [-0.05, 0) is 18.6 Å². The molecule has 0 saturated heterocycles. The number of rotatable bonds is 1. The van der Waals surface area contributed by atoms with Gasteiger partial charge in [0.2, 0.25) is 0 Å². The van der Waals surface area contributed by atoms with Crippen LogP contribution in [0.3, 0.4) is 0 Å². The lowest BCUT2D eigenvalue weighted by atomic mass is 10.3. The van der Waals surface area contributed by atoms with Crippen LogP contribution in [-0.2, 0) is 0 Å². The normalized spacial score (nSPS) is 10.1. The van der Waals surface area contributed by atoms with Crippen LogP contribution < -0.4 is 0 Å². The monoisotopic (exact) mass is 177 g/mol. The van der Waals surface area contributed by atoms with Gasteiger partial charge in [-0.1, -0.05) is 17.4 Å². The minimum Gasteiger partial charge on any atom is -0.253 e. The minimum absolute atomic E-state index is 0.870. The van der Waals surface area contributed by atoms with E-state index in [0.29, 0.717) is 0 Å². The van der Waals surface area contributed by atoms with Crippen molar-refractivity contribution in [3.05, 3.63) is 29.4 Å². The lowest BCUT2D eigenvalue weighted by molar-refractivity contribution is 1.08. The average molecular weight is 177 g/mol. The summed E-state index contributed by atoms with van der Waals surface area (Å²) in [4.78, 5) is 4.23. The number of hydrogen-bond acceptors (Lipinski definition) is 4. The second-order valence-corrected chi connectivity index (χ2v) is 3.30. The predicted octanol–water partition coefficient (Wildman–Crippen LogP) is 1.91. The number of pyridine rings is 1. The summed E-state index contributed by atoms with van der Waals surface area (Å²) in [6.45, 7) is 2.01. The lowest BCUT2D eigenvalue weighted by Gasteiger charge is -1.93. The first-order valence-electron chi connectivity index (χ1n) is 3.55. The Hall–Kier alpha value is -1.29. The van der Waals surface area contributed by atoms with Crippen LogP contribution in [0, 0.1) is 6.92 Å². The van der Waals surface area contributed by atoms with Gasteiger partial charge in [0, 0.05) is 6.20 Å². The van der Waals surface area contributed by atoms with E-state index in [-0.39, 0.29) is 0 Å². The molecule has 3 nitrogen and oxygen atoms in total. The summed E-state index contributed by atoms with van der Waals surface area (Å²) in [5, 5.41) is 8.54. The van der Waals surface area contributed by atoms with Gasteiger partial charge >= 0.3 is 0 Å². The number of aromatic nitrogens is 3. The molecule has 2 aromatic heterocycles. The molecule has 0 aliphatic heterocycles. The molecule has 0 aromatic carbocycles. The molecule has 0 radical (unpaired) electrons. The van der Waals surface area contributed by atoms with Gasteiger partial charge in [0.1, 0.15) is 11.2 Å². The quantitative estimate of drug-likeness (QED) is 0.667. The first-order valence-corrected chi connectivity index (χ1v) is 4.43. The van der Waals surface area contributed by atoms with Gasteiger partial charge in [0.05, 0.1) is 0 Å². The zero-order valence-electron chi connectivity index (χ0n) is 6.56. The Morgan fingerprint density at radius 1 is 1.33 bits per heavy atom. The molecule has 2 heterocycles. The van der Waals surface area contributed by atoms with Crippen LogP contribution in [-0.4, -0.2) is 15.2 Å². The van der Waals surface area contributed by atoms with Crippen LogP contribution in [0.15, 0.2) is 23.8 Å². The highest BCUT2D eigenvalue weighted by atomic mass is 32.1. The molecule has 12 heavy (non-hydrogen) atoms. The second kappa shape index (κ2) is 2.98. The highest BCUT2D eigenvalue weighted by molar-refractivity contribution is 7.12. The van der Waals surface area contributed by atoms with E-state index in [9.17, 15) is 0 Å². The van der Waals surface area contributed by atoms with Crippen molar-refractivity contribution in [2.45, 2.75) is 6.92 Å². The first-order chi connectivity index (χ1) is 5.86. The molecule has 0 fully saturated rings. The van der Waals surface area contributed by atoms with Crippen molar-refractivity contribution in [2.75, 3.05) is 0 Å². The third kappa shape index (κ3) is 1.33. The molecule has 0 unspecified atom stereocenters. The third-order valence-electron chi connectivity index (χ3n) is 1.49. The summed E-state index contributed by atoms with van der Waals surface area (Å²) in [6.07, 6.45) is 1.83. The molecule has 0 atom stereocenters. The van der Waals surface area contributed by atoms with Crippen LogP contribution in [0.25, 0.3) is 10.7 Å². The van der Waals surface area contributed by atoms with E-state index in [1.54, 1.807) is 5.51 Å². The van der Waals surface area contributed by atoms with Gasteiger partial charge in [0.25, 0.3) is 0 Å². The molecule has 2 rings (SSSR count). The lowest BCUT2D eigenvalue weighted by Crippen LogP contribution is -1.82. The van der Waals surface area contributed by atoms with E-state index in [2.05, 4.69) is 15.2 Å². The Morgan fingerprint density at radius 2 is 2.25 bits per heavy atom. The zero-order valence-corrected chi connectivity index (χ0v) is 7.38. The molecule has 0 amide bonds. The summed E-state index contributed by atoms with van der Waals surface area (Å²) in [5.41, 5.74) is 3.75. The van der Waals surface area contributed by atoms with Gasteiger partial charge < -0.3 is 0 Å². The fraction of sp³-hybridized carbons (Fsp3) is 0.125. The van der Waals surface area contributed by atoms with Crippen LogP contribution in [0.1, 0.15) is 5.56 Å². The van der Waals surface area contributed by atoms with E-state index in [4.69, 9.17) is 0 Å². The Bertz CT molecular complexity index is 352. The first kappa shape index (κ1) is 7.36. The Labute approximate surface area is 74.1 Å². The van der Waals surface area contributed by atoms with Crippen molar-refractivity contribution in [1.82, 2.24) is 15.2 Å². The summed E-state index contributed by atoms with van der Waals surface area (Å²) in [7, 11) is 0. The summed E-state index contributed by atoms with van der Waals surface area (Å²) < 4.78 is 0. The molecular weight excluding hydrogens is 170 g/mol. The molecule has 0 saturated carbocycles. The van der Waals surface area contributed by atoms with Crippen molar-refractivity contribution in [1.29, 1.82) is 0 Å². The topological polar surface area (TPSA) is 38.7 Å². The maximum Gasteiger partial charge on any atom is 0.166 e. The van der Waals surface area contributed by atoms with E-state index in [0.717, 1.165) is 16.3 Å². The Kier molecular flexibility index (Phi) is 1.83. The molecular formula is C8H7N3S. The number of hydrogen-bond donors (Lipinski definition) is 0. The molecule has 0 N–H and O–H groups in total. The molecule has 0 aliphatic carbocycles. The summed E-state index contributed by atoms with van der Waals surface area (Å²) >= 11 is 1.50. The van der Waals surface area contributed by atoms with Crippen LogP contribution in [0.5, 0.6) is 0 Å². The molecule has 4 heteroatoms. The van der Waals surface area contributed by atoms with Crippen molar-refractivity contribution < 1.29 is 0 Å². The smallest absolute Gasteiger partial charge is 0.166 e. The van der Waals surface area contributed by atoms with Gasteiger partial charge in [-0.25, -0.2) is 0 Å². The summed E-state index contributed by atoms with van der Waals surface area (Å²) in [6, 6.07) is 3.97. The molecule has 2 aromatic rings. The van der Waals surface area contributed by atoms with Gasteiger partial charge in [0.15, 0.2) is 5.01 Å². The van der Waals surface area contributed by atoms with Crippen molar-refractivity contribution in [2.24, 2.45) is 0 Å². The zero-order chi connectivity index (χ0) is 8.39. The van der Waals surface area contributed by atoms with Crippen LogP contribution in [0.2, 0.25) is 0 Å². The maximum absolute atomic E-state index is 4.23. The Balaban J connectivity index is 2.43. The predicted molar refractivity (Wildman–Crippen MR) is 47.9 cm³/mol. The minimum atomic E-state index is 0.870. The number of aryl methyl sites for hydroxylation is 1. The maximum atomic E-state index is 4.23. The standard InChI is InChI=1S/C8H7N3S/c1-6-2-3-7(9-4-6)8-11-10-5-12-8/h2-5H,1H3. The fourth-order valence-corrected chi connectivity index (χ4v) is 1.41. The van der Waals surface area contributed by atoms with E-state index >= 15 is 0 Å². The molecule has 0 aliphatic rings. The van der Waals surface area contributed by atoms with E-state index < -0.39 is 0 Å².